The summed E-state index contributed by atoms with van der Waals surface area (Å²) in [6.45, 7) is 1.66. The number of rotatable bonds is 6. The molecule has 0 saturated carbocycles. The first-order valence-electron chi connectivity index (χ1n) is 5.34. The monoisotopic (exact) mass is 284 g/mol. The molecule has 0 saturated heterocycles. The normalized spacial score (nSPS) is 11.8. The Kier molecular flexibility index (Phi) is 4.87. The highest BCUT2D eigenvalue weighted by Crippen LogP contribution is 2.34. The summed E-state index contributed by atoms with van der Waals surface area (Å²) >= 11 is 0.834. The van der Waals surface area contributed by atoms with E-state index >= 15 is 0 Å². The molecule has 0 aromatic heterocycles. The van der Waals surface area contributed by atoms with Crippen molar-refractivity contribution in [3.05, 3.63) is 33.9 Å². The van der Waals surface area contributed by atoms with Gasteiger partial charge < -0.3 is 10.8 Å². The number of thioether (sulfide) groups is 1. The topological polar surface area (TPSA) is 124 Å². The van der Waals surface area contributed by atoms with Crippen molar-refractivity contribution in [3.8, 4) is 0 Å². The number of nitro groups is 1. The lowest BCUT2D eigenvalue weighted by Gasteiger charge is -2.10. The summed E-state index contributed by atoms with van der Waals surface area (Å²) in [5.74, 6) is -1.79. The van der Waals surface area contributed by atoms with Crippen molar-refractivity contribution >= 4 is 29.3 Å². The molecule has 0 aliphatic heterocycles. The third-order valence-corrected chi connectivity index (χ3v) is 3.76. The predicted octanol–water partition coefficient (Wildman–Crippen LogP) is 1.65. The first kappa shape index (κ1) is 15.0. The van der Waals surface area contributed by atoms with Gasteiger partial charge in [0.15, 0.2) is 0 Å². The molecule has 0 bridgehead atoms. The molecule has 1 aromatic carbocycles. The van der Waals surface area contributed by atoms with Crippen molar-refractivity contribution in [2.75, 3.05) is 0 Å². The van der Waals surface area contributed by atoms with Gasteiger partial charge in [0.2, 0.25) is 5.91 Å². The Morgan fingerprint density at radius 3 is 2.58 bits per heavy atom. The SMILES string of the molecule is CCC(Sc1cc(C(N)=O)ccc1[N+](=O)[O-])C(=O)O. The number of hydrogen-bond acceptors (Lipinski definition) is 5. The zero-order valence-electron chi connectivity index (χ0n) is 10.0. The second-order valence-corrected chi connectivity index (χ2v) is 4.90. The van der Waals surface area contributed by atoms with Crippen LogP contribution in [-0.4, -0.2) is 27.2 Å². The van der Waals surface area contributed by atoms with E-state index in [0.717, 1.165) is 17.8 Å². The number of hydrogen-bond donors (Lipinski definition) is 2. The van der Waals surface area contributed by atoms with Gasteiger partial charge in [-0.2, -0.15) is 0 Å². The van der Waals surface area contributed by atoms with Crippen LogP contribution in [0.4, 0.5) is 5.69 Å². The van der Waals surface area contributed by atoms with E-state index < -0.39 is 22.0 Å². The second kappa shape index (κ2) is 6.19. The van der Waals surface area contributed by atoms with Crippen LogP contribution in [0.15, 0.2) is 23.1 Å². The van der Waals surface area contributed by atoms with E-state index in [4.69, 9.17) is 10.8 Å². The van der Waals surface area contributed by atoms with Crippen molar-refractivity contribution in [1.29, 1.82) is 0 Å². The fourth-order valence-electron chi connectivity index (χ4n) is 1.37. The summed E-state index contributed by atoms with van der Waals surface area (Å²) in [5.41, 5.74) is 4.96. The van der Waals surface area contributed by atoms with Gasteiger partial charge in [0.05, 0.1) is 9.82 Å². The van der Waals surface area contributed by atoms with Gasteiger partial charge >= 0.3 is 5.97 Å². The molecule has 1 atom stereocenters. The molecule has 0 fully saturated rings. The number of nitrogens with zero attached hydrogens (tertiary/aromatic N) is 1. The number of primary amides is 1. The van der Waals surface area contributed by atoms with Crippen LogP contribution in [0, 0.1) is 10.1 Å². The van der Waals surface area contributed by atoms with Crippen molar-refractivity contribution in [1.82, 2.24) is 0 Å². The molecule has 8 heteroatoms. The minimum atomic E-state index is -1.06. The lowest BCUT2D eigenvalue weighted by molar-refractivity contribution is -0.387. The highest BCUT2D eigenvalue weighted by Gasteiger charge is 2.23. The van der Waals surface area contributed by atoms with Gasteiger partial charge in [0.25, 0.3) is 5.69 Å². The molecule has 1 unspecified atom stereocenters. The Bertz CT molecular complexity index is 532. The van der Waals surface area contributed by atoms with Crippen LogP contribution in [0.2, 0.25) is 0 Å². The Morgan fingerprint density at radius 1 is 1.53 bits per heavy atom. The van der Waals surface area contributed by atoms with E-state index in [1.165, 1.54) is 12.1 Å². The summed E-state index contributed by atoms with van der Waals surface area (Å²) in [6, 6.07) is 3.64. The van der Waals surface area contributed by atoms with Crippen LogP contribution >= 0.6 is 11.8 Å². The number of carboxylic acids is 1. The Morgan fingerprint density at radius 2 is 2.16 bits per heavy atom. The molecule has 102 valence electrons. The number of carbonyl (C=O) groups is 2. The highest BCUT2D eigenvalue weighted by molar-refractivity contribution is 8.00. The third kappa shape index (κ3) is 3.68. The molecule has 1 aromatic rings. The maximum absolute atomic E-state index is 11.1. The molecule has 0 aliphatic rings. The van der Waals surface area contributed by atoms with Crippen LogP contribution in [0.25, 0.3) is 0 Å². The van der Waals surface area contributed by atoms with Crippen molar-refractivity contribution in [2.45, 2.75) is 23.5 Å². The van der Waals surface area contributed by atoms with Crippen LogP contribution in [-0.2, 0) is 4.79 Å². The van der Waals surface area contributed by atoms with E-state index in [9.17, 15) is 19.7 Å². The number of nitrogens with two attached hydrogens (primary N) is 1. The Balaban J connectivity index is 3.21. The maximum atomic E-state index is 11.1. The number of nitro benzene ring substituents is 1. The fraction of sp³-hybridized carbons (Fsp3) is 0.273. The fourth-order valence-corrected chi connectivity index (χ4v) is 2.41. The van der Waals surface area contributed by atoms with E-state index in [1.54, 1.807) is 6.92 Å². The molecular weight excluding hydrogens is 272 g/mol. The van der Waals surface area contributed by atoms with Crippen LogP contribution < -0.4 is 5.73 Å². The maximum Gasteiger partial charge on any atom is 0.316 e. The minimum Gasteiger partial charge on any atom is -0.480 e. The largest absolute Gasteiger partial charge is 0.480 e. The first-order chi connectivity index (χ1) is 8.86. The molecule has 0 spiro atoms. The minimum absolute atomic E-state index is 0.105. The van der Waals surface area contributed by atoms with Crippen LogP contribution in [0.5, 0.6) is 0 Å². The number of carboxylic acid groups (broad SMARTS) is 1. The third-order valence-electron chi connectivity index (χ3n) is 2.36. The molecule has 0 aliphatic carbocycles. The molecule has 0 heterocycles. The zero-order valence-corrected chi connectivity index (χ0v) is 10.8. The molecule has 0 radical (unpaired) electrons. The molecule has 3 N–H and O–H groups in total. The average molecular weight is 284 g/mol. The Hall–Kier alpha value is -2.09. The second-order valence-electron chi connectivity index (χ2n) is 3.66. The van der Waals surface area contributed by atoms with Crippen LogP contribution in [0.1, 0.15) is 23.7 Å². The molecule has 7 nitrogen and oxygen atoms in total. The standard InChI is InChI=1S/C11H12N2O5S/c1-2-8(11(15)16)19-9-5-6(10(12)14)3-4-7(9)13(17)18/h3-5,8H,2H2,1H3,(H2,12,14)(H,15,16). The molecule has 1 rings (SSSR count). The smallest absolute Gasteiger partial charge is 0.316 e. The van der Waals surface area contributed by atoms with Gasteiger partial charge in [-0.15, -0.1) is 11.8 Å². The Labute approximate surface area is 112 Å². The summed E-state index contributed by atoms with van der Waals surface area (Å²) in [7, 11) is 0. The molecular formula is C11H12N2O5S. The number of amides is 1. The molecule has 1 amide bonds. The summed E-state index contributed by atoms with van der Waals surface area (Å²) in [5, 5.41) is 19.0. The van der Waals surface area contributed by atoms with Crippen molar-refractivity contribution in [3.63, 3.8) is 0 Å². The molecule has 19 heavy (non-hydrogen) atoms. The van der Waals surface area contributed by atoms with Gasteiger partial charge in [0.1, 0.15) is 5.25 Å². The average Bonchev–Trinajstić information content (AvgIpc) is 2.34. The number of benzene rings is 1. The van der Waals surface area contributed by atoms with Gasteiger partial charge in [-0.05, 0) is 18.6 Å². The summed E-state index contributed by atoms with van der Waals surface area (Å²) in [4.78, 5) is 32.4. The first-order valence-corrected chi connectivity index (χ1v) is 6.22. The lowest BCUT2D eigenvalue weighted by atomic mass is 10.2. The van der Waals surface area contributed by atoms with Gasteiger partial charge in [-0.25, -0.2) is 0 Å². The lowest BCUT2D eigenvalue weighted by Crippen LogP contribution is -2.15. The van der Waals surface area contributed by atoms with Crippen LogP contribution in [0.3, 0.4) is 0 Å². The highest BCUT2D eigenvalue weighted by atomic mass is 32.2. The number of aliphatic carboxylic acids is 1. The van der Waals surface area contributed by atoms with Gasteiger partial charge in [-0.1, -0.05) is 6.92 Å². The van der Waals surface area contributed by atoms with E-state index in [2.05, 4.69) is 0 Å². The predicted molar refractivity (Wildman–Crippen MR) is 69.2 cm³/mol. The van der Waals surface area contributed by atoms with Gasteiger partial charge in [-0.3, -0.25) is 19.7 Å². The number of carbonyl (C=O) groups excluding carboxylic acids is 1. The summed E-state index contributed by atoms with van der Waals surface area (Å²) < 4.78 is 0. The zero-order chi connectivity index (χ0) is 14.6. The van der Waals surface area contributed by atoms with Gasteiger partial charge in [0, 0.05) is 11.6 Å². The van der Waals surface area contributed by atoms with E-state index in [0.29, 0.717) is 6.42 Å². The van der Waals surface area contributed by atoms with Crippen molar-refractivity contribution < 1.29 is 19.6 Å². The van der Waals surface area contributed by atoms with Crippen molar-refractivity contribution in [2.24, 2.45) is 5.73 Å². The summed E-state index contributed by atoms with van der Waals surface area (Å²) in [6.07, 6.45) is 0.304. The van der Waals surface area contributed by atoms with E-state index in [-0.39, 0.29) is 16.1 Å². The van der Waals surface area contributed by atoms with E-state index in [1.807, 2.05) is 0 Å². The quantitative estimate of drug-likeness (QED) is 0.465.